The second-order valence-corrected chi connectivity index (χ2v) is 3.61. The van der Waals surface area contributed by atoms with Crippen molar-refractivity contribution < 1.29 is 23.1 Å². The van der Waals surface area contributed by atoms with Crippen molar-refractivity contribution in [2.75, 3.05) is 11.9 Å². The van der Waals surface area contributed by atoms with Crippen molar-refractivity contribution >= 4 is 11.8 Å². The van der Waals surface area contributed by atoms with Gasteiger partial charge in [-0.25, -0.2) is 4.79 Å². The normalized spacial score (nSPS) is 11.3. The minimum Gasteiger partial charge on any atom is -0.476 e. The van der Waals surface area contributed by atoms with Gasteiger partial charge in [-0.15, -0.1) is 10.2 Å². The number of unbranched alkanes of at least 4 members (excludes halogenated alkanes) is 1. The number of nitrogens with zero attached hydrogens (tertiary/aromatic N) is 2. The molecule has 0 amide bonds. The van der Waals surface area contributed by atoms with Crippen molar-refractivity contribution in [1.29, 1.82) is 0 Å². The van der Waals surface area contributed by atoms with Gasteiger partial charge in [0.1, 0.15) is 5.82 Å². The molecule has 0 saturated heterocycles. The summed E-state index contributed by atoms with van der Waals surface area (Å²) in [4.78, 5) is 10.5. The monoisotopic (exact) mass is 263 g/mol. The van der Waals surface area contributed by atoms with Crippen LogP contribution < -0.4 is 5.32 Å². The Labute approximate surface area is 101 Å². The van der Waals surface area contributed by atoms with E-state index in [2.05, 4.69) is 15.5 Å². The van der Waals surface area contributed by atoms with E-state index in [1.807, 2.05) is 0 Å². The van der Waals surface area contributed by atoms with Crippen LogP contribution in [-0.4, -0.2) is 34.0 Å². The molecule has 0 atom stereocenters. The molecule has 0 unspecified atom stereocenters. The topological polar surface area (TPSA) is 75.1 Å². The molecule has 0 aromatic carbocycles. The number of halogens is 3. The van der Waals surface area contributed by atoms with Crippen molar-refractivity contribution in [3.05, 3.63) is 17.8 Å². The SMILES string of the molecule is O=C(O)c1ccc(NCCCCC(F)(F)F)nn1. The Hall–Kier alpha value is -1.86. The van der Waals surface area contributed by atoms with Crippen LogP contribution in [0.3, 0.4) is 0 Å². The first kappa shape index (κ1) is 14.2. The molecule has 0 bridgehead atoms. The van der Waals surface area contributed by atoms with Crippen molar-refractivity contribution in [3.63, 3.8) is 0 Å². The lowest BCUT2D eigenvalue weighted by atomic mass is 10.2. The van der Waals surface area contributed by atoms with E-state index in [9.17, 15) is 18.0 Å². The summed E-state index contributed by atoms with van der Waals surface area (Å²) in [7, 11) is 0. The number of rotatable bonds is 6. The van der Waals surface area contributed by atoms with E-state index < -0.39 is 18.6 Å². The maximum absolute atomic E-state index is 11.8. The van der Waals surface area contributed by atoms with Gasteiger partial charge in [-0.1, -0.05) is 0 Å². The van der Waals surface area contributed by atoms with Crippen molar-refractivity contribution in [3.8, 4) is 0 Å². The Morgan fingerprint density at radius 1 is 1.28 bits per heavy atom. The largest absolute Gasteiger partial charge is 0.476 e. The zero-order chi connectivity index (χ0) is 13.6. The zero-order valence-electron chi connectivity index (χ0n) is 9.37. The highest BCUT2D eigenvalue weighted by molar-refractivity contribution is 5.85. The summed E-state index contributed by atoms with van der Waals surface area (Å²) < 4.78 is 35.5. The van der Waals surface area contributed by atoms with E-state index in [1.54, 1.807) is 0 Å². The first-order valence-electron chi connectivity index (χ1n) is 5.26. The number of anilines is 1. The zero-order valence-corrected chi connectivity index (χ0v) is 9.37. The van der Waals surface area contributed by atoms with Crippen LogP contribution in [-0.2, 0) is 0 Å². The van der Waals surface area contributed by atoms with Crippen LogP contribution in [0.4, 0.5) is 19.0 Å². The number of aromatic nitrogens is 2. The van der Waals surface area contributed by atoms with Gasteiger partial charge in [-0.3, -0.25) is 0 Å². The van der Waals surface area contributed by atoms with Crippen LogP contribution in [0.5, 0.6) is 0 Å². The van der Waals surface area contributed by atoms with Gasteiger partial charge in [0.15, 0.2) is 5.69 Å². The molecule has 100 valence electrons. The van der Waals surface area contributed by atoms with Gasteiger partial charge in [-0.2, -0.15) is 13.2 Å². The smallest absolute Gasteiger partial charge is 0.389 e. The number of hydrogen-bond acceptors (Lipinski definition) is 4. The molecule has 0 aliphatic carbocycles. The number of hydrogen-bond donors (Lipinski definition) is 2. The Morgan fingerprint density at radius 2 is 2.00 bits per heavy atom. The molecule has 1 aromatic rings. The highest BCUT2D eigenvalue weighted by atomic mass is 19.4. The molecular formula is C10H12F3N3O2. The van der Waals surface area contributed by atoms with Crippen molar-refractivity contribution in [1.82, 2.24) is 10.2 Å². The van der Waals surface area contributed by atoms with E-state index in [0.29, 0.717) is 18.8 Å². The Kier molecular flexibility index (Phi) is 4.87. The summed E-state index contributed by atoms with van der Waals surface area (Å²) in [6.07, 6.45) is -4.54. The fraction of sp³-hybridized carbons (Fsp3) is 0.500. The molecule has 0 fully saturated rings. The lowest BCUT2D eigenvalue weighted by Gasteiger charge is -2.07. The average Bonchev–Trinajstić information content (AvgIpc) is 2.27. The van der Waals surface area contributed by atoms with Gasteiger partial charge in [0.05, 0.1) is 0 Å². The molecule has 1 heterocycles. The predicted octanol–water partition coefficient (Wildman–Crippen LogP) is 2.32. The minimum absolute atomic E-state index is 0.0388. The highest BCUT2D eigenvalue weighted by Crippen LogP contribution is 2.21. The minimum atomic E-state index is -4.12. The molecule has 5 nitrogen and oxygen atoms in total. The van der Waals surface area contributed by atoms with Crippen molar-refractivity contribution in [2.24, 2.45) is 0 Å². The van der Waals surface area contributed by atoms with Gasteiger partial charge < -0.3 is 10.4 Å². The molecule has 1 aromatic heterocycles. The second kappa shape index (κ2) is 6.18. The number of carbonyl (C=O) groups is 1. The molecule has 2 N–H and O–H groups in total. The molecule has 8 heteroatoms. The first-order valence-corrected chi connectivity index (χ1v) is 5.26. The standard InChI is InChI=1S/C10H12F3N3O2/c11-10(12,13)5-1-2-6-14-8-4-3-7(9(17)18)15-16-8/h3-4H,1-2,5-6H2,(H,14,16)(H,17,18). The number of carboxylic acids is 1. The summed E-state index contributed by atoms with van der Waals surface area (Å²) in [5.74, 6) is -0.841. The lowest BCUT2D eigenvalue weighted by molar-refractivity contribution is -0.135. The van der Waals surface area contributed by atoms with Crippen LogP contribution in [0.2, 0.25) is 0 Å². The average molecular weight is 263 g/mol. The highest BCUT2D eigenvalue weighted by Gasteiger charge is 2.25. The molecule has 0 aliphatic heterocycles. The number of nitrogens with one attached hydrogen (secondary N) is 1. The molecule has 18 heavy (non-hydrogen) atoms. The third-order valence-electron chi connectivity index (χ3n) is 2.08. The number of alkyl halides is 3. The fourth-order valence-electron chi connectivity index (χ4n) is 1.21. The molecule has 0 aliphatic rings. The Balaban J connectivity index is 2.25. The van der Waals surface area contributed by atoms with Gasteiger partial charge in [0, 0.05) is 13.0 Å². The summed E-state index contributed by atoms with van der Waals surface area (Å²) in [6.45, 7) is 0.331. The molecule has 0 radical (unpaired) electrons. The summed E-state index contributed by atoms with van der Waals surface area (Å²) in [5.41, 5.74) is -0.183. The quantitative estimate of drug-likeness (QED) is 0.770. The summed E-state index contributed by atoms with van der Waals surface area (Å²) in [6, 6.07) is 2.69. The van der Waals surface area contributed by atoms with E-state index >= 15 is 0 Å². The van der Waals surface area contributed by atoms with E-state index in [4.69, 9.17) is 5.11 Å². The fourth-order valence-corrected chi connectivity index (χ4v) is 1.21. The van der Waals surface area contributed by atoms with E-state index in [1.165, 1.54) is 12.1 Å². The van der Waals surface area contributed by atoms with Crippen molar-refractivity contribution in [2.45, 2.75) is 25.4 Å². The van der Waals surface area contributed by atoms with Gasteiger partial charge in [0.25, 0.3) is 0 Å². The second-order valence-electron chi connectivity index (χ2n) is 3.61. The maximum atomic E-state index is 11.8. The van der Waals surface area contributed by atoms with Gasteiger partial charge >= 0.3 is 12.1 Å². The number of carboxylic acid groups (broad SMARTS) is 1. The third-order valence-corrected chi connectivity index (χ3v) is 2.08. The molecule has 0 saturated carbocycles. The van der Waals surface area contributed by atoms with Gasteiger partial charge in [-0.05, 0) is 25.0 Å². The summed E-state index contributed by atoms with van der Waals surface area (Å²) >= 11 is 0. The number of aromatic carboxylic acids is 1. The van der Waals surface area contributed by atoms with E-state index in [0.717, 1.165) is 0 Å². The predicted molar refractivity (Wildman–Crippen MR) is 57.4 cm³/mol. The Bertz CT molecular complexity index is 392. The lowest BCUT2D eigenvalue weighted by Crippen LogP contribution is -2.10. The van der Waals surface area contributed by atoms with E-state index in [-0.39, 0.29) is 12.1 Å². The van der Waals surface area contributed by atoms with Crippen LogP contribution in [0.1, 0.15) is 29.8 Å². The third kappa shape index (κ3) is 5.46. The Morgan fingerprint density at radius 3 is 2.50 bits per heavy atom. The van der Waals surface area contributed by atoms with Crippen LogP contribution in [0, 0.1) is 0 Å². The molecular weight excluding hydrogens is 251 g/mol. The van der Waals surface area contributed by atoms with Gasteiger partial charge in [0.2, 0.25) is 0 Å². The molecule has 0 spiro atoms. The molecule has 1 rings (SSSR count). The summed E-state index contributed by atoms with van der Waals surface area (Å²) in [5, 5.41) is 18.3. The van der Waals surface area contributed by atoms with Crippen LogP contribution in [0.15, 0.2) is 12.1 Å². The van der Waals surface area contributed by atoms with Crippen LogP contribution in [0.25, 0.3) is 0 Å². The maximum Gasteiger partial charge on any atom is 0.389 e. The van der Waals surface area contributed by atoms with Crippen LogP contribution >= 0.6 is 0 Å². The first-order chi connectivity index (χ1) is 8.38.